The molecule has 6 heteroatoms. The molecule has 0 aromatic carbocycles. The first-order valence-electron chi connectivity index (χ1n) is 4.98. The van der Waals surface area contributed by atoms with Crippen molar-refractivity contribution in [2.75, 3.05) is 7.11 Å². The van der Waals surface area contributed by atoms with Gasteiger partial charge in [-0.05, 0) is 12.3 Å². The molecule has 1 atom stereocenters. The molecule has 1 amide bonds. The molecule has 0 rings (SSSR count). The van der Waals surface area contributed by atoms with Gasteiger partial charge in [0.25, 0.3) is 5.97 Å². The van der Waals surface area contributed by atoms with Crippen LogP contribution in [0, 0.1) is 5.92 Å². The van der Waals surface area contributed by atoms with Crippen LogP contribution in [0.2, 0.25) is 12.6 Å². The Morgan fingerprint density at radius 1 is 1.31 bits per heavy atom. The van der Waals surface area contributed by atoms with E-state index in [-0.39, 0.29) is 11.9 Å². The maximum atomic E-state index is 10.7. The monoisotopic (exact) mass is 225 g/mol. The van der Waals surface area contributed by atoms with Gasteiger partial charge in [-0.25, -0.2) is 0 Å². The number of esters is 1. The molecule has 0 heterocycles. The quantitative estimate of drug-likeness (QED) is 0.571. The Morgan fingerprint density at radius 3 is 1.81 bits per heavy atom. The Kier molecular flexibility index (Phi) is 18.0. The van der Waals surface area contributed by atoms with E-state index in [0.717, 1.165) is 0 Å². The molecule has 0 spiro atoms. The standard InChI is InChI=1S/C7H13BO2.C2H5NO.CH3B/c1-5(2)4-6(8)7(9)10-3;1-2(3)4;1-2/h5-6H,4H2,1-3H3;1H3,(H2,3,4);1H3/t6-;;/m0../s1. The lowest BCUT2D eigenvalue weighted by Crippen LogP contribution is -2.12. The molecule has 2 N–H and O–H groups in total. The van der Waals surface area contributed by atoms with Crippen molar-refractivity contribution in [3.63, 3.8) is 0 Å². The molecular formula is C10H21B2NO3. The van der Waals surface area contributed by atoms with Gasteiger partial charge in [-0.2, -0.15) is 0 Å². The van der Waals surface area contributed by atoms with Crippen LogP contribution in [0.15, 0.2) is 0 Å². The molecule has 0 aliphatic rings. The number of hydrogen-bond donors (Lipinski definition) is 1. The minimum Gasteiger partial charge on any atom is -0.469 e. The second-order valence-corrected chi connectivity index (χ2v) is 3.37. The number of rotatable bonds is 3. The average Bonchev–Trinajstić information content (AvgIpc) is 2.17. The molecule has 0 aliphatic carbocycles. The van der Waals surface area contributed by atoms with Gasteiger partial charge in [-0.3, -0.25) is 9.59 Å². The molecule has 0 bridgehead atoms. The second kappa shape index (κ2) is 14.1. The maximum Gasteiger partial charge on any atom is 0.299 e. The SMILES string of the molecule is CC(N)=O.[B]C.[B][C@@H](CC(C)C)C(=O)OC. The third-order valence-electron chi connectivity index (χ3n) is 1.23. The van der Waals surface area contributed by atoms with Crippen molar-refractivity contribution in [1.82, 2.24) is 0 Å². The summed E-state index contributed by atoms with van der Waals surface area (Å²) in [5, 5.41) is 0. The minimum absolute atomic E-state index is 0.325. The molecule has 90 valence electrons. The fraction of sp³-hybridized carbons (Fsp3) is 0.800. The zero-order chi connectivity index (χ0) is 13.7. The first kappa shape index (κ1) is 20.5. The lowest BCUT2D eigenvalue weighted by molar-refractivity contribution is -0.140. The number of ether oxygens (including phenoxy) is 1. The Bertz CT molecular complexity index is 183. The summed E-state index contributed by atoms with van der Waals surface area (Å²) in [6.45, 7) is 6.84. The van der Waals surface area contributed by atoms with Crippen LogP contribution in [0.4, 0.5) is 0 Å². The highest BCUT2D eigenvalue weighted by molar-refractivity contribution is 6.22. The van der Waals surface area contributed by atoms with Gasteiger partial charge in [0, 0.05) is 12.7 Å². The summed E-state index contributed by atoms with van der Waals surface area (Å²) in [6.07, 6.45) is 0.687. The molecule has 0 aromatic heterocycles. The van der Waals surface area contributed by atoms with E-state index in [1.807, 2.05) is 13.8 Å². The van der Waals surface area contributed by atoms with Gasteiger partial charge in [0.1, 0.15) is 0 Å². The van der Waals surface area contributed by atoms with E-state index in [9.17, 15) is 9.59 Å². The van der Waals surface area contributed by atoms with E-state index in [0.29, 0.717) is 12.3 Å². The Balaban J connectivity index is -0.000000237. The summed E-state index contributed by atoms with van der Waals surface area (Å²) < 4.78 is 4.45. The summed E-state index contributed by atoms with van der Waals surface area (Å²) in [5.74, 6) is -0.673. The second-order valence-electron chi connectivity index (χ2n) is 3.37. The Labute approximate surface area is 101 Å². The average molecular weight is 225 g/mol. The zero-order valence-electron chi connectivity index (χ0n) is 10.8. The number of primary amides is 1. The van der Waals surface area contributed by atoms with Crippen molar-refractivity contribution >= 4 is 27.6 Å². The molecule has 0 aliphatic heterocycles. The van der Waals surface area contributed by atoms with Crippen LogP contribution in [-0.4, -0.2) is 34.7 Å². The van der Waals surface area contributed by atoms with Crippen molar-refractivity contribution in [2.24, 2.45) is 11.7 Å². The highest BCUT2D eigenvalue weighted by Gasteiger charge is 2.13. The van der Waals surface area contributed by atoms with Crippen LogP contribution in [-0.2, 0) is 14.3 Å². The summed E-state index contributed by atoms with van der Waals surface area (Å²) in [5.41, 5.74) is 4.47. The van der Waals surface area contributed by atoms with E-state index in [1.165, 1.54) is 20.9 Å². The summed E-state index contributed by atoms with van der Waals surface area (Å²) in [6, 6.07) is 0. The zero-order valence-corrected chi connectivity index (χ0v) is 10.8. The van der Waals surface area contributed by atoms with E-state index in [1.54, 1.807) is 0 Å². The van der Waals surface area contributed by atoms with Crippen LogP contribution in [0.5, 0.6) is 0 Å². The van der Waals surface area contributed by atoms with Crippen LogP contribution in [0.3, 0.4) is 0 Å². The fourth-order valence-corrected chi connectivity index (χ4v) is 0.755. The van der Waals surface area contributed by atoms with Gasteiger partial charge in [-0.15, -0.1) is 0 Å². The normalized spacial score (nSPS) is 10.1. The van der Waals surface area contributed by atoms with Crippen LogP contribution < -0.4 is 5.73 Å². The predicted molar refractivity (Wildman–Crippen MR) is 67.5 cm³/mol. The first-order chi connectivity index (χ1) is 7.31. The van der Waals surface area contributed by atoms with E-state index >= 15 is 0 Å². The van der Waals surface area contributed by atoms with Gasteiger partial charge in [0.2, 0.25) is 5.91 Å². The van der Waals surface area contributed by atoms with E-state index in [4.69, 9.17) is 7.85 Å². The largest absolute Gasteiger partial charge is 0.469 e. The number of carbonyl (C=O) groups is 2. The molecule has 0 saturated carbocycles. The van der Waals surface area contributed by atoms with Gasteiger partial charge >= 0.3 is 0 Å². The van der Waals surface area contributed by atoms with Gasteiger partial charge in [0.05, 0.1) is 22.8 Å². The third-order valence-corrected chi connectivity index (χ3v) is 1.23. The number of amides is 1. The first-order valence-corrected chi connectivity index (χ1v) is 4.98. The topological polar surface area (TPSA) is 69.4 Å². The predicted octanol–water partition coefficient (Wildman–Crippen LogP) is 0.857. The lowest BCUT2D eigenvalue weighted by atomic mass is 9.81. The highest BCUT2D eigenvalue weighted by Crippen LogP contribution is 2.14. The molecule has 4 radical (unpaired) electrons. The molecule has 4 nitrogen and oxygen atoms in total. The molecule has 0 saturated heterocycles. The lowest BCUT2D eigenvalue weighted by Gasteiger charge is -2.10. The number of hydrogen-bond acceptors (Lipinski definition) is 3. The third kappa shape index (κ3) is 23.1. The minimum atomic E-state index is -0.454. The smallest absolute Gasteiger partial charge is 0.299 e. The fourth-order valence-electron chi connectivity index (χ4n) is 0.755. The van der Waals surface area contributed by atoms with Crippen molar-refractivity contribution < 1.29 is 14.3 Å². The van der Waals surface area contributed by atoms with Gasteiger partial charge in [-0.1, -0.05) is 20.7 Å². The van der Waals surface area contributed by atoms with Crippen molar-refractivity contribution in [3.8, 4) is 0 Å². The number of carbonyl (C=O) groups excluding carboxylic acids is 2. The maximum absolute atomic E-state index is 10.7. The van der Waals surface area contributed by atoms with Crippen molar-refractivity contribution in [3.05, 3.63) is 0 Å². The van der Waals surface area contributed by atoms with Gasteiger partial charge < -0.3 is 10.5 Å². The number of methoxy groups -OCH3 is 1. The highest BCUT2D eigenvalue weighted by atomic mass is 16.5. The van der Waals surface area contributed by atoms with E-state index in [2.05, 4.69) is 18.3 Å². The molecule has 0 fully saturated rings. The summed E-state index contributed by atoms with van der Waals surface area (Å²) in [4.78, 5) is 19.9. The molecule has 0 aromatic rings. The molecule has 0 unspecified atom stereocenters. The van der Waals surface area contributed by atoms with Crippen LogP contribution >= 0.6 is 0 Å². The summed E-state index contributed by atoms with van der Waals surface area (Å²) >= 11 is 0. The van der Waals surface area contributed by atoms with Crippen LogP contribution in [0.25, 0.3) is 0 Å². The van der Waals surface area contributed by atoms with Crippen molar-refractivity contribution in [1.29, 1.82) is 0 Å². The molecular weight excluding hydrogens is 204 g/mol. The summed E-state index contributed by atoms with van der Waals surface area (Å²) in [7, 11) is 11.3. The van der Waals surface area contributed by atoms with Gasteiger partial charge in [0.15, 0.2) is 0 Å². The van der Waals surface area contributed by atoms with Crippen molar-refractivity contribution in [2.45, 2.75) is 39.8 Å². The molecule has 16 heavy (non-hydrogen) atoms. The Morgan fingerprint density at radius 2 is 1.62 bits per heavy atom. The number of nitrogens with two attached hydrogens (primary N) is 1. The van der Waals surface area contributed by atoms with E-state index < -0.39 is 5.82 Å². The Hall–Kier alpha value is -0.930. The van der Waals surface area contributed by atoms with Crippen LogP contribution in [0.1, 0.15) is 27.2 Å².